The summed E-state index contributed by atoms with van der Waals surface area (Å²) in [5.74, 6) is 0.320. The molecule has 41 heavy (non-hydrogen) atoms. The molecule has 0 saturated heterocycles. The van der Waals surface area contributed by atoms with Crippen LogP contribution in [0, 0.1) is 0 Å². The normalized spacial score (nSPS) is 10.8. The molecule has 0 fully saturated rings. The summed E-state index contributed by atoms with van der Waals surface area (Å²) in [5, 5.41) is 7.90. The lowest BCUT2D eigenvalue weighted by molar-refractivity contribution is -0.137. The van der Waals surface area contributed by atoms with Gasteiger partial charge in [-0.2, -0.15) is 13.2 Å². The third kappa shape index (κ3) is 8.80. The SMILES string of the molecule is O=C(NC(=S)Nc1ccc(C(=O)Nc2cccc(C(F)(F)F)c2)cc1)c1ccc(OCCOc2ccccc2)cc1. The van der Waals surface area contributed by atoms with Crippen LogP contribution in [0.4, 0.5) is 24.5 Å². The van der Waals surface area contributed by atoms with E-state index in [-0.39, 0.29) is 16.4 Å². The van der Waals surface area contributed by atoms with Gasteiger partial charge in [-0.25, -0.2) is 0 Å². The predicted octanol–water partition coefficient (Wildman–Crippen LogP) is 6.54. The smallest absolute Gasteiger partial charge is 0.416 e. The van der Waals surface area contributed by atoms with Crippen LogP contribution in [0.3, 0.4) is 0 Å². The summed E-state index contributed by atoms with van der Waals surface area (Å²) in [6, 6.07) is 26.3. The number of halogens is 3. The molecular weight excluding hydrogens is 555 g/mol. The van der Waals surface area contributed by atoms with Crippen molar-refractivity contribution in [3.8, 4) is 11.5 Å². The Kier molecular flexibility index (Phi) is 9.54. The van der Waals surface area contributed by atoms with Crippen LogP contribution in [-0.4, -0.2) is 30.1 Å². The summed E-state index contributed by atoms with van der Waals surface area (Å²) in [4.78, 5) is 25.0. The minimum Gasteiger partial charge on any atom is -0.490 e. The molecule has 4 aromatic carbocycles. The Balaban J connectivity index is 1.22. The molecule has 210 valence electrons. The predicted molar refractivity (Wildman–Crippen MR) is 153 cm³/mol. The molecule has 2 amide bonds. The van der Waals surface area contributed by atoms with E-state index >= 15 is 0 Å². The average Bonchev–Trinajstić information content (AvgIpc) is 2.96. The summed E-state index contributed by atoms with van der Waals surface area (Å²) in [6.45, 7) is 0.702. The van der Waals surface area contributed by atoms with Crippen LogP contribution in [0.2, 0.25) is 0 Å². The number of benzene rings is 4. The van der Waals surface area contributed by atoms with Crippen molar-refractivity contribution >= 4 is 40.5 Å². The molecule has 0 unspecified atom stereocenters. The number of alkyl halides is 3. The largest absolute Gasteiger partial charge is 0.490 e. The zero-order chi connectivity index (χ0) is 29.2. The van der Waals surface area contributed by atoms with Crippen molar-refractivity contribution in [2.45, 2.75) is 6.18 Å². The minimum absolute atomic E-state index is 0.0209. The number of nitrogens with one attached hydrogen (secondary N) is 3. The number of ether oxygens (including phenoxy) is 2. The number of hydrogen-bond donors (Lipinski definition) is 3. The summed E-state index contributed by atoms with van der Waals surface area (Å²) in [6.07, 6.45) is -4.52. The van der Waals surface area contributed by atoms with E-state index in [1.807, 2.05) is 30.3 Å². The van der Waals surface area contributed by atoms with Crippen molar-refractivity contribution in [2.75, 3.05) is 23.8 Å². The molecular formula is C30H24F3N3O4S. The maximum Gasteiger partial charge on any atom is 0.416 e. The van der Waals surface area contributed by atoms with E-state index in [1.165, 1.54) is 24.3 Å². The van der Waals surface area contributed by atoms with Gasteiger partial charge in [0.25, 0.3) is 11.8 Å². The number of para-hydroxylation sites is 1. The van der Waals surface area contributed by atoms with Crippen LogP contribution < -0.4 is 25.4 Å². The van der Waals surface area contributed by atoms with Gasteiger partial charge in [-0.05, 0) is 91.1 Å². The first kappa shape index (κ1) is 29.1. The molecule has 4 aromatic rings. The first-order chi connectivity index (χ1) is 19.7. The van der Waals surface area contributed by atoms with E-state index in [0.29, 0.717) is 30.2 Å². The second-order valence-corrected chi connectivity index (χ2v) is 8.96. The fourth-order valence-electron chi connectivity index (χ4n) is 3.56. The third-order valence-corrected chi connectivity index (χ3v) is 5.76. The third-order valence-electron chi connectivity index (χ3n) is 5.56. The van der Waals surface area contributed by atoms with Crippen LogP contribution in [0.15, 0.2) is 103 Å². The van der Waals surface area contributed by atoms with Gasteiger partial charge in [-0.3, -0.25) is 14.9 Å². The number of hydrogen-bond acceptors (Lipinski definition) is 5. The van der Waals surface area contributed by atoms with E-state index in [0.717, 1.165) is 17.9 Å². The number of carbonyl (C=O) groups is 2. The number of amides is 2. The molecule has 0 aliphatic heterocycles. The molecule has 0 heterocycles. The Hall–Kier alpha value is -4.90. The van der Waals surface area contributed by atoms with Gasteiger partial charge in [-0.15, -0.1) is 0 Å². The molecule has 0 atom stereocenters. The molecule has 0 saturated carbocycles. The summed E-state index contributed by atoms with van der Waals surface area (Å²) in [7, 11) is 0. The van der Waals surface area contributed by atoms with Crippen molar-refractivity contribution < 1.29 is 32.2 Å². The zero-order valence-corrected chi connectivity index (χ0v) is 22.2. The lowest BCUT2D eigenvalue weighted by atomic mass is 10.1. The van der Waals surface area contributed by atoms with Gasteiger partial charge in [0.05, 0.1) is 5.56 Å². The highest BCUT2D eigenvalue weighted by Crippen LogP contribution is 2.30. The van der Waals surface area contributed by atoms with Crippen LogP contribution in [-0.2, 0) is 6.18 Å². The topological polar surface area (TPSA) is 88.7 Å². The fraction of sp³-hybridized carbons (Fsp3) is 0.100. The van der Waals surface area contributed by atoms with Gasteiger partial charge < -0.3 is 20.1 Å². The van der Waals surface area contributed by atoms with E-state index < -0.39 is 23.6 Å². The first-order valence-corrected chi connectivity index (χ1v) is 12.7. The zero-order valence-electron chi connectivity index (χ0n) is 21.4. The fourth-order valence-corrected chi connectivity index (χ4v) is 3.77. The molecule has 0 aliphatic carbocycles. The summed E-state index contributed by atoms with van der Waals surface area (Å²) in [5.41, 5.74) is 0.236. The molecule has 0 aromatic heterocycles. The second-order valence-electron chi connectivity index (χ2n) is 8.55. The van der Waals surface area contributed by atoms with Gasteiger partial charge in [0.2, 0.25) is 0 Å². The van der Waals surface area contributed by atoms with Crippen LogP contribution in [0.1, 0.15) is 26.3 Å². The molecule has 3 N–H and O–H groups in total. The van der Waals surface area contributed by atoms with E-state index in [4.69, 9.17) is 21.7 Å². The lowest BCUT2D eigenvalue weighted by Gasteiger charge is -2.12. The number of rotatable bonds is 9. The van der Waals surface area contributed by atoms with Gasteiger partial charge >= 0.3 is 6.18 Å². The summed E-state index contributed by atoms with van der Waals surface area (Å²) < 4.78 is 49.9. The quantitative estimate of drug-likeness (QED) is 0.154. The molecule has 7 nitrogen and oxygen atoms in total. The Morgan fingerprint density at radius 3 is 1.88 bits per heavy atom. The maximum absolute atomic E-state index is 12.9. The van der Waals surface area contributed by atoms with E-state index in [1.54, 1.807) is 36.4 Å². The molecule has 0 spiro atoms. The minimum atomic E-state index is -4.52. The van der Waals surface area contributed by atoms with E-state index in [9.17, 15) is 22.8 Å². The highest BCUT2D eigenvalue weighted by atomic mass is 32.1. The molecule has 0 bridgehead atoms. The van der Waals surface area contributed by atoms with Gasteiger partial charge in [0, 0.05) is 22.5 Å². The van der Waals surface area contributed by atoms with Crippen molar-refractivity contribution in [3.63, 3.8) is 0 Å². The molecule has 0 radical (unpaired) electrons. The number of thiocarbonyl (C=S) groups is 1. The molecule has 0 aliphatic rings. The lowest BCUT2D eigenvalue weighted by Crippen LogP contribution is -2.34. The summed E-state index contributed by atoms with van der Waals surface area (Å²) >= 11 is 5.21. The van der Waals surface area contributed by atoms with Gasteiger partial charge in [0.1, 0.15) is 24.7 Å². The Bertz CT molecular complexity index is 1500. The standard InChI is InChI=1S/C30H24F3N3O4S/c31-30(32,33)22-5-4-6-24(19-22)34-27(37)20-9-13-23(14-10-20)35-29(41)36-28(38)21-11-15-26(16-12-21)40-18-17-39-25-7-2-1-3-8-25/h1-16,19H,17-18H2,(H,34,37)(H2,35,36,38,41). The van der Waals surface area contributed by atoms with Crippen LogP contribution >= 0.6 is 12.2 Å². The average molecular weight is 580 g/mol. The Morgan fingerprint density at radius 2 is 1.24 bits per heavy atom. The highest BCUT2D eigenvalue weighted by molar-refractivity contribution is 7.80. The highest BCUT2D eigenvalue weighted by Gasteiger charge is 2.30. The molecule has 11 heteroatoms. The van der Waals surface area contributed by atoms with E-state index in [2.05, 4.69) is 16.0 Å². The van der Waals surface area contributed by atoms with Crippen LogP contribution in [0.25, 0.3) is 0 Å². The monoisotopic (exact) mass is 579 g/mol. The second kappa shape index (κ2) is 13.4. The van der Waals surface area contributed by atoms with Crippen molar-refractivity contribution in [1.29, 1.82) is 0 Å². The van der Waals surface area contributed by atoms with Crippen molar-refractivity contribution in [2.24, 2.45) is 0 Å². The Labute approximate surface area is 239 Å². The van der Waals surface area contributed by atoms with Gasteiger partial charge in [-0.1, -0.05) is 24.3 Å². The van der Waals surface area contributed by atoms with Gasteiger partial charge in [0.15, 0.2) is 5.11 Å². The Morgan fingerprint density at radius 1 is 0.659 bits per heavy atom. The van der Waals surface area contributed by atoms with Crippen molar-refractivity contribution in [1.82, 2.24) is 5.32 Å². The first-order valence-electron chi connectivity index (χ1n) is 12.3. The number of carbonyl (C=O) groups excluding carboxylic acids is 2. The number of anilines is 2. The molecule has 4 rings (SSSR count). The van der Waals surface area contributed by atoms with Crippen molar-refractivity contribution in [3.05, 3.63) is 120 Å². The maximum atomic E-state index is 12.9. The van der Waals surface area contributed by atoms with Crippen LogP contribution in [0.5, 0.6) is 11.5 Å².